The molecule has 0 N–H and O–H groups in total. The van der Waals surface area contributed by atoms with E-state index < -0.39 is 25.9 Å². The second kappa shape index (κ2) is 9.49. The average molecular weight is 417 g/mol. The third-order valence-corrected chi connectivity index (χ3v) is 9.02. The predicted octanol–water partition coefficient (Wildman–Crippen LogP) is 2.16. The molecule has 1 aliphatic heterocycles. The zero-order chi connectivity index (χ0) is 20.1. The third-order valence-electron chi connectivity index (χ3n) is 5.30. The fourth-order valence-electron chi connectivity index (χ4n) is 3.52. The molecule has 1 aromatic rings. The summed E-state index contributed by atoms with van der Waals surface area (Å²) < 4.78 is 51.8. The summed E-state index contributed by atoms with van der Waals surface area (Å²) in [6, 6.07) is 6.45. The van der Waals surface area contributed by atoms with Gasteiger partial charge in [-0.1, -0.05) is 32.9 Å². The number of benzene rings is 1. The topological polar surface area (TPSA) is 74.8 Å². The summed E-state index contributed by atoms with van der Waals surface area (Å²) in [5.74, 6) is -0.0148. The molecule has 1 fully saturated rings. The average Bonchev–Trinajstić information content (AvgIpc) is 3.01. The van der Waals surface area contributed by atoms with Crippen LogP contribution in [0.15, 0.2) is 29.2 Å². The Morgan fingerprint density at radius 1 is 1.04 bits per heavy atom. The van der Waals surface area contributed by atoms with Crippen LogP contribution in [0.4, 0.5) is 0 Å². The van der Waals surface area contributed by atoms with Crippen LogP contribution in [-0.2, 0) is 26.3 Å². The van der Waals surface area contributed by atoms with E-state index >= 15 is 0 Å². The van der Waals surface area contributed by atoms with Gasteiger partial charge in [-0.3, -0.25) is 0 Å². The number of rotatable bonds is 10. The lowest BCUT2D eigenvalue weighted by Crippen LogP contribution is -2.42. The van der Waals surface area contributed by atoms with Gasteiger partial charge in [0, 0.05) is 12.6 Å². The number of sulfonamides is 1. The highest BCUT2D eigenvalue weighted by atomic mass is 32.2. The van der Waals surface area contributed by atoms with Crippen LogP contribution in [0, 0.1) is 0 Å². The van der Waals surface area contributed by atoms with Crippen molar-refractivity contribution in [1.82, 2.24) is 9.21 Å². The normalized spacial score (nSPS) is 19.8. The monoisotopic (exact) mass is 416 g/mol. The van der Waals surface area contributed by atoms with Crippen molar-refractivity contribution >= 4 is 19.9 Å². The van der Waals surface area contributed by atoms with Crippen LogP contribution >= 0.6 is 0 Å². The lowest BCUT2D eigenvalue weighted by atomic mass is 10.2. The van der Waals surface area contributed by atoms with Crippen LogP contribution in [0.2, 0.25) is 0 Å². The van der Waals surface area contributed by atoms with Crippen molar-refractivity contribution in [2.24, 2.45) is 0 Å². The molecule has 0 aromatic heterocycles. The molecule has 0 radical (unpaired) electrons. The molecule has 0 bridgehead atoms. The molecule has 0 spiro atoms. The van der Waals surface area contributed by atoms with E-state index in [9.17, 15) is 16.8 Å². The van der Waals surface area contributed by atoms with Crippen molar-refractivity contribution in [3.05, 3.63) is 29.8 Å². The minimum atomic E-state index is -3.72. The maximum atomic E-state index is 13.3. The highest BCUT2D eigenvalue weighted by Crippen LogP contribution is 2.25. The molecule has 8 heteroatoms. The van der Waals surface area contributed by atoms with E-state index in [-0.39, 0.29) is 16.4 Å². The second-order valence-corrected chi connectivity index (χ2v) is 11.2. The zero-order valence-corrected chi connectivity index (χ0v) is 18.2. The molecule has 6 nitrogen and oxygen atoms in total. The number of hydrogen-bond donors (Lipinski definition) is 0. The maximum absolute atomic E-state index is 13.3. The quantitative estimate of drug-likeness (QED) is 0.584. The molecule has 0 amide bonds. The summed E-state index contributed by atoms with van der Waals surface area (Å²) >= 11 is 0. The minimum Gasteiger partial charge on any atom is -0.304 e. The van der Waals surface area contributed by atoms with Gasteiger partial charge in [0.2, 0.25) is 10.0 Å². The molecular formula is C19H32N2O4S2. The molecule has 0 saturated carbocycles. The van der Waals surface area contributed by atoms with Gasteiger partial charge in [-0.25, -0.2) is 16.8 Å². The van der Waals surface area contributed by atoms with E-state index in [0.29, 0.717) is 19.4 Å². The van der Waals surface area contributed by atoms with E-state index in [1.54, 1.807) is 12.1 Å². The Balaban J connectivity index is 2.24. The first-order valence-corrected chi connectivity index (χ1v) is 13.0. The molecule has 0 unspecified atom stereocenters. The Labute approximate surface area is 164 Å². The van der Waals surface area contributed by atoms with Crippen molar-refractivity contribution in [3.63, 3.8) is 0 Å². The first-order valence-electron chi connectivity index (χ1n) is 9.77. The van der Waals surface area contributed by atoms with Crippen LogP contribution in [0.25, 0.3) is 0 Å². The van der Waals surface area contributed by atoms with Crippen LogP contribution < -0.4 is 0 Å². The summed E-state index contributed by atoms with van der Waals surface area (Å²) in [5.41, 5.74) is 1.07. The van der Waals surface area contributed by atoms with E-state index in [2.05, 4.69) is 18.7 Å². The lowest BCUT2D eigenvalue weighted by molar-refractivity contribution is 0.269. The molecule has 0 aliphatic carbocycles. The first kappa shape index (κ1) is 22.3. The zero-order valence-electron chi connectivity index (χ0n) is 16.6. The van der Waals surface area contributed by atoms with Crippen LogP contribution in [-0.4, -0.2) is 69.8 Å². The lowest BCUT2D eigenvalue weighted by Gasteiger charge is -2.28. The van der Waals surface area contributed by atoms with Crippen molar-refractivity contribution in [1.29, 1.82) is 0 Å². The Hall–Kier alpha value is -0.960. The van der Waals surface area contributed by atoms with Gasteiger partial charge in [0.1, 0.15) is 0 Å². The number of nitrogens with zero attached hydrogens (tertiary/aromatic N) is 2. The van der Waals surface area contributed by atoms with Gasteiger partial charge in [-0.2, -0.15) is 4.31 Å². The second-order valence-electron chi connectivity index (χ2n) is 7.05. The van der Waals surface area contributed by atoms with Crippen LogP contribution in [0.5, 0.6) is 0 Å². The van der Waals surface area contributed by atoms with E-state index in [4.69, 9.17) is 0 Å². The van der Waals surface area contributed by atoms with Gasteiger partial charge in [0.25, 0.3) is 0 Å². The number of hydrogen-bond acceptors (Lipinski definition) is 5. The van der Waals surface area contributed by atoms with E-state index in [1.807, 2.05) is 19.1 Å². The molecule has 1 atom stereocenters. The Kier molecular flexibility index (Phi) is 7.85. The van der Waals surface area contributed by atoms with Gasteiger partial charge in [-0.15, -0.1) is 0 Å². The molecule has 1 heterocycles. The molecule has 27 heavy (non-hydrogen) atoms. The fraction of sp³-hybridized carbons (Fsp3) is 0.684. The van der Waals surface area contributed by atoms with Gasteiger partial charge < -0.3 is 4.90 Å². The van der Waals surface area contributed by atoms with Crippen LogP contribution in [0.1, 0.15) is 39.2 Å². The molecule has 154 valence electrons. The van der Waals surface area contributed by atoms with Gasteiger partial charge in [-0.05, 0) is 56.6 Å². The standard InChI is InChI=1S/C19H32N2O4S2/c1-4-17-8-10-19(11-9-17)27(24,25)21(14-7-13-20(5-2)6-3)18-12-15-26(22,23)16-18/h8-11,18H,4-7,12-16H2,1-3H3/t18-/m0/s1. The smallest absolute Gasteiger partial charge is 0.243 e. The number of sulfone groups is 1. The minimum absolute atomic E-state index is 0.0640. The maximum Gasteiger partial charge on any atom is 0.243 e. The van der Waals surface area contributed by atoms with Crippen molar-refractivity contribution in [3.8, 4) is 0 Å². The highest BCUT2D eigenvalue weighted by Gasteiger charge is 2.38. The van der Waals surface area contributed by atoms with Crippen LogP contribution in [0.3, 0.4) is 0 Å². The Bertz CT molecular complexity index is 801. The largest absolute Gasteiger partial charge is 0.304 e. The summed E-state index contributed by atoms with van der Waals surface area (Å²) in [4.78, 5) is 2.48. The van der Waals surface area contributed by atoms with E-state index in [1.165, 1.54) is 4.31 Å². The Morgan fingerprint density at radius 3 is 2.15 bits per heavy atom. The molecular weight excluding hydrogens is 384 g/mol. The Morgan fingerprint density at radius 2 is 1.67 bits per heavy atom. The van der Waals surface area contributed by atoms with Crippen molar-refractivity contribution in [2.45, 2.75) is 51.0 Å². The predicted molar refractivity (Wildman–Crippen MR) is 109 cm³/mol. The number of aryl methyl sites for hydroxylation is 1. The molecule has 2 rings (SSSR count). The summed E-state index contributed by atoms with van der Waals surface area (Å²) in [6.45, 7) is 9.15. The molecule has 1 aromatic carbocycles. The first-order chi connectivity index (χ1) is 12.7. The molecule has 1 aliphatic rings. The summed E-state index contributed by atoms with van der Waals surface area (Å²) in [7, 11) is -6.88. The van der Waals surface area contributed by atoms with Gasteiger partial charge >= 0.3 is 0 Å². The SMILES string of the molecule is CCc1ccc(S(=O)(=O)N(CCCN(CC)CC)[C@H]2CCS(=O)(=O)C2)cc1. The summed E-state index contributed by atoms with van der Waals surface area (Å²) in [5, 5.41) is 0. The van der Waals surface area contributed by atoms with Crippen molar-refractivity contribution < 1.29 is 16.8 Å². The van der Waals surface area contributed by atoms with E-state index in [0.717, 1.165) is 31.6 Å². The van der Waals surface area contributed by atoms with Crippen molar-refractivity contribution in [2.75, 3.05) is 37.7 Å². The van der Waals surface area contributed by atoms with Gasteiger partial charge in [0.05, 0.1) is 16.4 Å². The fourth-order valence-corrected chi connectivity index (χ4v) is 7.04. The summed E-state index contributed by atoms with van der Waals surface area (Å²) in [6.07, 6.45) is 1.90. The van der Waals surface area contributed by atoms with Gasteiger partial charge in [0.15, 0.2) is 9.84 Å². The third kappa shape index (κ3) is 5.76. The molecule has 1 saturated heterocycles. The highest BCUT2D eigenvalue weighted by molar-refractivity contribution is 7.92.